The average molecular weight is 539 g/mol. The largest absolute Gasteiger partial charge is 0.506 e. The number of aryl methyl sites for hydroxylation is 1. The summed E-state index contributed by atoms with van der Waals surface area (Å²) in [5.41, 5.74) is 3.14. The Labute approximate surface area is 230 Å². The minimum atomic E-state index is -0.365. The van der Waals surface area contributed by atoms with Gasteiger partial charge in [-0.3, -0.25) is 4.90 Å². The van der Waals surface area contributed by atoms with Crippen LogP contribution in [0.2, 0.25) is 5.02 Å². The van der Waals surface area contributed by atoms with Gasteiger partial charge < -0.3 is 19.2 Å². The van der Waals surface area contributed by atoms with Gasteiger partial charge in [-0.1, -0.05) is 48.4 Å². The molecule has 2 aliphatic rings. The van der Waals surface area contributed by atoms with Crippen LogP contribution in [0, 0.1) is 12.8 Å². The first kappa shape index (κ1) is 27.2. The molecule has 2 aliphatic heterocycles. The molecule has 5 rings (SSSR count). The van der Waals surface area contributed by atoms with Crippen LogP contribution in [-0.2, 0) is 17.7 Å². The number of ether oxygens (including phenoxy) is 1. The molecule has 0 radical (unpaired) electrons. The van der Waals surface area contributed by atoms with E-state index in [-0.39, 0.29) is 16.4 Å². The molecule has 7 heteroatoms. The average Bonchev–Trinajstić information content (AvgIpc) is 2.93. The van der Waals surface area contributed by atoms with Crippen molar-refractivity contribution >= 4 is 22.6 Å². The fourth-order valence-electron chi connectivity index (χ4n) is 6.49. The summed E-state index contributed by atoms with van der Waals surface area (Å²) < 4.78 is 11.4. The Balaban J connectivity index is 1.48. The third kappa shape index (κ3) is 5.79. The normalized spacial score (nSPS) is 20.2. The molecule has 0 saturated carbocycles. The highest BCUT2D eigenvalue weighted by atomic mass is 35.5. The lowest BCUT2D eigenvalue weighted by molar-refractivity contribution is 0.0335. The van der Waals surface area contributed by atoms with Crippen LogP contribution in [0.5, 0.6) is 5.75 Å². The molecule has 0 amide bonds. The van der Waals surface area contributed by atoms with Crippen LogP contribution in [0.1, 0.15) is 54.4 Å². The van der Waals surface area contributed by atoms with Crippen LogP contribution < -0.4 is 5.63 Å². The molecule has 1 aromatic heterocycles. The number of piperidine rings is 2. The molecular weight excluding hydrogens is 500 g/mol. The van der Waals surface area contributed by atoms with Crippen molar-refractivity contribution < 1.29 is 14.3 Å². The van der Waals surface area contributed by atoms with Gasteiger partial charge >= 0.3 is 5.63 Å². The summed E-state index contributed by atoms with van der Waals surface area (Å²) in [5, 5.41) is 12.1. The molecule has 3 heterocycles. The van der Waals surface area contributed by atoms with Crippen molar-refractivity contribution in [3.63, 3.8) is 0 Å². The number of benzene rings is 2. The maximum Gasteiger partial charge on any atom is 0.340 e. The highest BCUT2D eigenvalue weighted by molar-refractivity contribution is 6.33. The summed E-state index contributed by atoms with van der Waals surface area (Å²) in [4.78, 5) is 18.2. The molecule has 2 atom stereocenters. The van der Waals surface area contributed by atoms with E-state index in [9.17, 15) is 9.90 Å². The molecule has 0 bridgehead atoms. The number of phenols is 1. The van der Waals surface area contributed by atoms with E-state index in [1.165, 1.54) is 45.2 Å². The van der Waals surface area contributed by atoms with Gasteiger partial charge in [-0.2, -0.15) is 0 Å². The number of hydrogen-bond acceptors (Lipinski definition) is 6. The molecule has 6 nitrogen and oxygen atoms in total. The zero-order chi connectivity index (χ0) is 26.6. The van der Waals surface area contributed by atoms with Crippen molar-refractivity contribution in [1.82, 2.24) is 9.80 Å². The lowest BCUT2D eigenvalue weighted by Gasteiger charge is -2.45. The van der Waals surface area contributed by atoms with Crippen molar-refractivity contribution in [2.45, 2.75) is 58.0 Å². The van der Waals surface area contributed by atoms with Gasteiger partial charge in [0.25, 0.3) is 0 Å². The summed E-state index contributed by atoms with van der Waals surface area (Å²) in [7, 11) is 1.71. The van der Waals surface area contributed by atoms with Crippen LogP contribution in [0.3, 0.4) is 0 Å². The molecule has 204 valence electrons. The number of aromatic hydroxyl groups is 1. The Hall–Kier alpha value is -2.38. The first-order valence-corrected chi connectivity index (χ1v) is 14.3. The van der Waals surface area contributed by atoms with E-state index in [2.05, 4.69) is 9.80 Å². The Kier molecular flexibility index (Phi) is 8.74. The highest BCUT2D eigenvalue weighted by Crippen LogP contribution is 2.38. The molecule has 1 N–H and O–H groups in total. The van der Waals surface area contributed by atoms with Gasteiger partial charge in [0.1, 0.15) is 11.3 Å². The highest BCUT2D eigenvalue weighted by Gasteiger charge is 2.34. The number of rotatable bonds is 9. The van der Waals surface area contributed by atoms with E-state index in [1.54, 1.807) is 13.2 Å². The van der Waals surface area contributed by atoms with E-state index in [0.29, 0.717) is 48.2 Å². The van der Waals surface area contributed by atoms with Crippen LogP contribution in [-0.4, -0.2) is 60.8 Å². The third-order valence-corrected chi connectivity index (χ3v) is 8.83. The Morgan fingerprint density at radius 3 is 2.71 bits per heavy atom. The van der Waals surface area contributed by atoms with E-state index in [0.717, 1.165) is 29.6 Å². The maximum absolute atomic E-state index is 13.2. The predicted octanol–water partition coefficient (Wildman–Crippen LogP) is 5.76. The zero-order valence-electron chi connectivity index (χ0n) is 22.5. The lowest BCUT2D eigenvalue weighted by Crippen LogP contribution is -2.51. The third-order valence-electron chi connectivity index (χ3n) is 8.54. The van der Waals surface area contributed by atoms with E-state index in [4.69, 9.17) is 20.8 Å². The molecular formula is C31H39ClN2O4. The van der Waals surface area contributed by atoms with Crippen LogP contribution in [0.4, 0.5) is 0 Å². The van der Waals surface area contributed by atoms with Gasteiger partial charge in [-0.05, 0) is 68.8 Å². The molecule has 2 fully saturated rings. The smallest absolute Gasteiger partial charge is 0.340 e. The van der Waals surface area contributed by atoms with Crippen LogP contribution in [0.25, 0.3) is 11.0 Å². The fourth-order valence-corrected chi connectivity index (χ4v) is 6.72. The number of fused-ring (bicyclic) bond motifs is 2. The van der Waals surface area contributed by atoms with Crippen molar-refractivity contribution in [1.29, 1.82) is 0 Å². The summed E-state index contributed by atoms with van der Waals surface area (Å²) in [6, 6.07) is 12.2. The lowest BCUT2D eigenvalue weighted by atomic mass is 9.83. The van der Waals surface area contributed by atoms with Gasteiger partial charge in [0, 0.05) is 50.2 Å². The minimum Gasteiger partial charge on any atom is -0.506 e. The first-order chi connectivity index (χ1) is 18.5. The van der Waals surface area contributed by atoms with Crippen molar-refractivity contribution in [3.05, 3.63) is 74.1 Å². The maximum atomic E-state index is 13.2. The molecule has 0 spiro atoms. The van der Waals surface area contributed by atoms with E-state index in [1.807, 2.05) is 37.3 Å². The predicted molar refractivity (Wildman–Crippen MR) is 152 cm³/mol. The Bertz CT molecular complexity index is 1310. The SMILES string of the molecule is COCCN(Cc1c(O)c(Cl)cc2c(C)c(Cc3ccccc3)c(=O)oc12)CC1CCCN2CCCCC12. The van der Waals surface area contributed by atoms with Crippen LogP contribution >= 0.6 is 11.6 Å². The van der Waals surface area contributed by atoms with Gasteiger partial charge in [0.15, 0.2) is 0 Å². The second kappa shape index (κ2) is 12.2. The van der Waals surface area contributed by atoms with Gasteiger partial charge in [-0.25, -0.2) is 4.79 Å². The Morgan fingerprint density at radius 1 is 1.13 bits per heavy atom. The van der Waals surface area contributed by atoms with Crippen molar-refractivity contribution in [2.75, 3.05) is 39.9 Å². The summed E-state index contributed by atoms with van der Waals surface area (Å²) in [5.74, 6) is 0.558. The van der Waals surface area contributed by atoms with Gasteiger partial charge in [-0.15, -0.1) is 0 Å². The second-order valence-electron chi connectivity index (χ2n) is 10.9. The van der Waals surface area contributed by atoms with Gasteiger partial charge in [0.05, 0.1) is 17.2 Å². The number of phenolic OH excluding ortho intramolecular Hbond substituents is 1. The topological polar surface area (TPSA) is 66.2 Å². The second-order valence-corrected chi connectivity index (χ2v) is 11.4. The quantitative estimate of drug-likeness (QED) is 0.349. The summed E-state index contributed by atoms with van der Waals surface area (Å²) in [6.45, 7) is 7.01. The molecule has 2 aromatic carbocycles. The summed E-state index contributed by atoms with van der Waals surface area (Å²) in [6.07, 6.45) is 6.77. The van der Waals surface area contributed by atoms with Crippen LogP contribution in [0.15, 0.2) is 45.6 Å². The molecule has 2 saturated heterocycles. The number of hydrogen-bond donors (Lipinski definition) is 1. The molecule has 38 heavy (non-hydrogen) atoms. The first-order valence-electron chi connectivity index (χ1n) is 13.9. The number of methoxy groups -OCH3 is 1. The monoisotopic (exact) mass is 538 g/mol. The van der Waals surface area contributed by atoms with Crippen molar-refractivity contribution in [2.24, 2.45) is 5.92 Å². The van der Waals surface area contributed by atoms with E-state index < -0.39 is 0 Å². The molecule has 2 unspecified atom stereocenters. The van der Waals surface area contributed by atoms with E-state index >= 15 is 0 Å². The summed E-state index contributed by atoms with van der Waals surface area (Å²) >= 11 is 6.57. The van der Waals surface area contributed by atoms with Gasteiger partial charge in [0.2, 0.25) is 0 Å². The number of halogens is 1. The molecule has 3 aromatic rings. The molecule has 0 aliphatic carbocycles. The Morgan fingerprint density at radius 2 is 1.92 bits per heavy atom. The zero-order valence-corrected chi connectivity index (χ0v) is 23.3. The standard InChI is InChI=1S/C31H39ClN2O4/c1-21-24-18-27(32)29(35)26(30(24)38-31(36)25(21)17-22-9-4-3-5-10-22)20-33(15-16-37-2)19-23-11-8-14-34-13-7-6-12-28(23)34/h3-5,9-10,18,23,28,35H,6-8,11-17,19-20H2,1-2H3. The fraction of sp³-hybridized carbons (Fsp3) is 0.516. The number of nitrogens with zero attached hydrogens (tertiary/aromatic N) is 2. The minimum absolute atomic E-state index is 0.0112. The van der Waals surface area contributed by atoms with Crippen molar-refractivity contribution in [3.8, 4) is 5.75 Å².